The fourth-order valence-electron chi connectivity index (χ4n) is 2.05. The van der Waals surface area contributed by atoms with Crippen molar-refractivity contribution in [1.82, 2.24) is 0 Å². The Balaban J connectivity index is 1.87. The van der Waals surface area contributed by atoms with Crippen molar-refractivity contribution in [3.05, 3.63) is 53.1 Å². The van der Waals surface area contributed by atoms with E-state index in [4.69, 9.17) is 21.1 Å². The lowest BCUT2D eigenvalue weighted by Gasteiger charge is -2.09. The van der Waals surface area contributed by atoms with Crippen molar-refractivity contribution in [3.63, 3.8) is 0 Å². The maximum Gasteiger partial charge on any atom is 0.338 e. The lowest BCUT2D eigenvalue weighted by molar-refractivity contribution is -0.119. The van der Waals surface area contributed by atoms with Gasteiger partial charge in [0.2, 0.25) is 5.91 Å². The molecule has 136 valence electrons. The molecule has 0 aliphatic carbocycles. The Morgan fingerprint density at radius 2 is 1.65 bits per heavy atom. The summed E-state index contributed by atoms with van der Waals surface area (Å²) in [5.41, 5.74) is 1.28. The Morgan fingerprint density at radius 1 is 1.00 bits per heavy atom. The molecule has 26 heavy (non-hydrogen) atoms. The molecule has 2 amide bonds. The van der Waals surface area contributed by atoms with Gasteiger partial charge in [0.1, 0.15) is 5.75 Å². The van der Waals surface area contributed by atoms with E-state index in [2.05, 4.69) is 10.6 Å². The Labute approximate surface area is 155 Å². The predicted octanol–water partition coefficient (Wildman–Crippen LogP) is 3.10. The highest BCUT2D eigenvalue weighted by Gasteiger charge is 2.11. The molecule has 2 aromatic rings. The number of carbonyl (C=O) groups is 3. The predicted molar refractivity (Wildman–Crippen MR) is 97.7 cm³/mol. The van der Waals surface area contributed by atoms with Gasteiger partial charge in [0.05, 0.1) is 17.7 Å². The van der Waals surface area contributed by atoms with Crippen LogP contribution in [0.4, 0.5) is 11.4 Å². The first-order chi connectivity index (χ1) is 12.4. The van der Waals surface area contributed by atoms with E-state index in [0.717, 1.165) is 0 Å². The van der Waals surface area contributed by atoms with Gasteiger partial charge in [0, 0.05) is 18.3 Å². The highest BCUT2D eigenvalue weighted by Crippen LogP contribution is 2.27. The van der Waals surface area contributed by atoms with E-state index >= 15 is 0 Å². The van der Waals surface area contributed by atoms with Gasteiger partial charge in [-0.2, -0.15) is 0 Å². The zero-order valence-corrected chi connectivity index (χ0v) is 14.9. The third-order valence-electron chi connectivity index (χ3n) is 3.21. The van der Waals surface area contributed by atoms with Crippen LogP contribution >= 0.6 is 11.6 Å². The van der Waals surface area contributed by atoms with Gasteiger partial charge in [-0.05, 0) is 42.5 Å². The Bertz CT molecular complexity index is 821. The second-order valence-corrected chi connectivity index (χ2v) is 5.64. The highest BCUT2D eigenvalue weighted by atomic mass is 35.5. The van der Waals surface area contributed by atoms with Crippen molar-refractivity contribution >= 4 is 40.8 Å². The third-order valence-corrected chi connectivity index (χ3v) is 3.51. The molecule has 0 radical (unpaired) electrons. The SMILES string of the molecule is COc1ccc(NC(=O)COC(=O)c2ccc(NC(C)=O)cc2)cc1Cl. The van der Waals surface area contributed by atoms with Gasteiger partial charge in [0.25, 0.3) is 5.91 Å². The van der Waals surface area contributed by atoms with E-state index in [1.54, 1.807) is 24.3 Å². The number of hydrogen-bond donors (Lipinski definition) is 2. The lowest BCUT2D eigenvalue weighted by atomic mass is 10.2. The Hall–Kier alpha value is -3.06. The van der Waals surface area contributed by atoms with Gasteiger partial charge < -0.3 is 20.1 Å². The first-order valence-electron chi connectivity index (χ1n) is 7.57. The van der Waals surface area contributed by atoms with Crippen molar-refractivity contribution in [2.75, 3.05) is 24.4 Å². The molecule has 2 N–H and O–H groups in total. The number of ether oxygens (including phenoxy) is 2. The van der Waals surface area contributed by atoms with E-state index in [-0.39, 0.29) is 11.5 Å². The third kappa shape index (κ3) is 5.49. The first kappa shape index (κ1) is 19.3. The zero-order chi connectivity index (χ0) is 19.1. The van der Waals surface area contributed by atoms with Crippen LogP contribution in [0.15, 0.2) is 42.5 Å². The van der Waals surface area contributed by atoms with Crippen molar-refractivity contribution in [1.29, 1.82) is 0 Å². The van der Waals surface area contributed by atoms with Gasteiger partial charge in [-0.3, -0.25) is 9.59 Å². The smallest absolute Gasteiger partial charge is 0.338 e. The molecule has 0 aliphatic heterocycles. The average Bonchev–Trinajstić information content (AvgIpc) is 2.60. The number of esters is 1. The molecule has 0 bridgehead atoms. The molecule has 0 aromatic heterocycles. The molecule has 8 heteroatoms. The molecule has 0 fully saturated rings. The number of methoxy groups -OCH3 is 1. The highest BCUT2D eigenvalue weighted by molar-refractivity contribution is 6.32. The summed E-state index contributed by atoms with van der Waals surface area (Å²) in [5.74, 6) is -0.883. The first-order valence-corrected chi connectivity index (χ1v) is 7.95. The minimum atomic E-state index is -0.651. The van der Waals surface area contributed by atoms with Crippen molar-refractivity contribution in [2.45, 2.75) is 6.92 Å². The summed E-state index contributed by atoms with van der Waals surface area (Å²) in [4.78, 5) is 34.8. The number of anilines is 2. The van der Waals surface area contributed by atoms with Crippen molar-refractivity contribution in [3.8, 4) is 5.75 Å². The van der Waals surface area contributed by atoms with E-state index in [0.29, 0.717) is 22.1 Å². The van der Waals surface area contributed by atoms with E-state index in [9.17, 15) is 14.4 Å². The average molecular weight is 377 g/mol. The Morgan fingerprint density at radius 3 is 2.23 bits per heavy atom. The quantitative estimate of drug-likeness (QED) is 0.755. The molecule has 0 saturated carbocycles. The van der Waals surface area contributed by atoms with Crippen LogP contribution < -0.4 is 15.4 Å². The van der Waals surface area contributed by atoms with Crippen LogP contribution in [0.2, 0.25) is 5.02 Å². The fraction of sp³-hybridized carbons (Fsp3) is 0.167. The maximum absolute atomic E-state index is 11.9. The molecule has 0 unspecified atom stereocenters. The number of halogens is 1. The molecule has 2 aromatic carbocycles. The number of amides is 2. The number of nitrogens with one attached hydrogen (secondary N) is 2. The minimum absolute atomic E-state index is 0.212. The Kier molecular flexibility index (Phi) is 6.57. The molecular formula is C18H17ClN2O5. The number of benzene rings is 2. The summed E-state index contributed by atoms with van der Waals surface area (Å²) in [7, 11) is 1.49. The second-order valence-electron chi connectivity index (χ2n) is 5.23. The van der Waals surface area contributed by atoms with Crippen LogP contribution in [-0.4, -0.2) is 31.5 Å². The molecule has 0 heterocycles. The molecule has 0 aliphatic rings. The van der Waals surface area contributed by atoms with Gasteiger partial charge in [-0.1, -0.05) is 11.6 Å². The van der Waals surface area contributed by atoms with Crippen molar-refractivity contribution < 1.29 is 23.9 Å². The molecule has 0 spiro atoms. The van der Waals surface area contributed by atoms with Gasteiger partial charge in [-0.15, -0.1) is 0 Å². The van der Waals surface area contributed by atoms with Crippen molar-refractivity contribution in [2.24, 2.45) is 0 Å². The summed E-state index contributed by atoms with van der Waals surface area (Å²) < 4.78 is 9.99. The molecule has 0 atom stereocenters. The summed E-state index contributed by atoms with van der Waals surface area (Å²) in [5, 5.41) is 5.50. The molecule has 7 nitrogen and oxygen atoms in total. The zero-order valence-electron chi connectivity index (χ0n) is 14.2. The van der Waals surface area contributed by atoms with E-state index in [1.165, 1.54) is 32.2 Å². The van der Waals surface area contributed by atoms with Crippen LogP contribution in [-0.2, 0) is 14.3 Å². The van der Waals surface area contributed by atoms with Crippen LogP contribution in [0.1, 0.15) is 17.3 Å². The molecular weight excluding hydrogens is 360 g/mol. The van der Waals surface area contributed by atoms with Crippen LogP contribution in [0.5, 0.6) is 5.75 Å². The van der Waals surface area contributed by atoms with E-state index < -0.39 is 18.5 Å². The second kappa shape index (κ2) is 8.87. The lowest BCUT2D eigenvalue weighted by Crippen LogP contribution is -2.21. The largest absolute Gasteiger partial charge is 0.495 e. The van der Waals surface area contributed by atoms with Crippen LogP contribution in [0, 0.1) is 0 Å². The van der Waals surface area contributed by atoms with Crippen LogP contribution in [0.25, 0.3) is 0 Å². The van der Waals surface area contributed by atoms with Gasteiger partial charge in [-0.25, -0.2) is 4.79 Å². The molecule has 0 saturated heterocycles. The summed E-state index contributed by atoms with van der Waals surface area (Å²) >= 11 is 5.98. The maximum atomic E-state index is 11.9. The van der Waals surface area contributed by atoms with Crippen LogP contribution in [0.3, 0.4) is 0 Å². The standard InChI is InChI=1S/C18H17ClN2O5/c1-11(22)20-13-5-3-12(4-6-13)18(24)26-10-17(23)21-14-7-8-16(25-2)15(19)9-14/h3-9H,10H2,1-2H3,(H,20,22)(H,21,23). The minimum Gasteiger partial charge on any atom is -0.495 e. The van der Waals surface area contributed by atoms with Gasteiger partial charge in [0.15, 0.2) is 6.61 Å². The van der Waals surface area contributed by atoms with Gasteiger partial charge >= 0.3 is 5.97 Å². The number of carbonyl (C=O) groups excluding carboxylic acids is 3. The monoisotopic (exact) mass is 376 g/mol. The topological polar surface area (TPSA) is 93.7 Å². The van der Waals surface area contributed by atoms with E-state index in [1.807, 2.05) is 0 Å². The molecule has 2 rings (SSSR count). The summed E-state index contributed by atoms with van der Waals surface area (Å²) in [6.45, 7) is 0.937. The number of hydrogen-bond acceptors (Lipinski definition) is 5. The summed E-state index contributed by atoms with van der Waals surface area (Å²) in [6, 6.07) is 10.9. The fourth-order valence-corrected chi connectivity index (χ4v) is 2.31. The number of rotatable bonds is 6. The summed E-state index contributed by atoms with van der Waals surface area (Å²) in [6.07, 6.45) is 0. The normalized spacial score (nSPS) is 9.96.